The van der Waals surface area contributed by atoms with E-state index in [1.807, 2.05) is 42.2 Å². The zero-order chi connectivity index (χ0) is 11.7. The van der Waals surface area contributed by atoms with Crippen LogP contribution in [0.25, 0.3) is 0 Å². The Morgan fingerprint density at radius 2 is 2.06 bits per heavy atom. The van der Waals surface area contributed by atoms with E-state index in [0.29, 0.717) is 0 Å². The molecule has 0 radical (unpaired) electrons. The van der Waals surface area contributed by atoms with Gasteiger partial charge in [0.15, 0.2) is 0 Å². The molecular formula is C12H16N2O2. The molecule has 1 aromatic rings. The first-order chi connectivity index (χ1) is 7.66. The van der Waals surface area contributed by atoms with Crippen molar-refractivity contribution in [2.45, 2.75) is 38.5 Å². The molecule has 2 rings (SSSR count). The number of hydrogen-bond donors (Lipinski definition) is 0. The molecule has 4 nitrogen and oxygen atoms in total. The molecule has 0 N–H and O–H groups in total. The van der Waals surface area contributed by atoms with E-state index in [9.17, 15) is 10.1 Å². The fourth-order valence-electron chi connectivity index (χ4n) is 2.20. The molecule has 1 saturated heterocycles. The van der Waals surface area contributed by atoms with E-state index < -0.39 is 6.17 Å². The van der Waals surface area contributed by atoms with Gasteiger partial charge in [-0.3, -0.25) is 10.1 Å². The van der Waals surface area contributed by atoms with Crippen LogP contribution in [-0.2, 0) is 0 Å². The van der Waals surface area contributed by atoms with Gasteiger partial charge in [-0.15, -0.1) is 0 Å². The Bertz CT molecular complexity index is 380. The standard InChI is InChI=1S/C12H16N2O2/c1-3-9(2)13-11(12(13)14(15)16)10-7-5-4-6-8-10/h4-9,11-12H,3H2,1-2H3/t9?,11-,12-,13?/m1/s1. The zero-order valence-electron chi connectivity index (χ0n) is 9.54. The van der Waals surface area contributed by atoms with Gasteiger partial charge in [0.2, 0.25) is 0 Å². The van der Waals surface area contributed by atoms with E-state index >= 15 is 0 Å². The van der Waals surface area contributed by atoms with Crippen LogP contribution in [0, 0.1) is 10.1 Å². The lowest BCUT2D eigenvalue weighted by atomic mass is 10.1. The number of nitro groups is 1. The third-order valence-corrected chi connectivity index (χ3v) is 3.28. The minimum absolute atomic E-state index is 0.0360. The monoisotopic (exact) mass is 220 g/mol. The first kappa shape index (κ1) is 11.1. The number of benzene rings is 1. The third kappa shape index (κ3) is 1.80. The van der Waals surface area contributed by atoms with E-state index in [4.69, 9.17) is 0 Å². The van der Waals surface area contributed by atoms with Crippen molar-refractivity contribution in [3.8, 4) is 0 Å². The third-order valence-electron chi connectivity index (χ3n) is 3.28. The van der Waals surface area contributed by atoms with Gasteiger partial charge in [0, 0.05) is 11.0 Å². The Morgan fingerprint density at radius 3 is 2.56 bits per heavy atom. The first-order valence-electron chi connectivity index (χ1n) is 5.62. The molecule has 1 aliphatic heterocycles. The van der Waals surface area contributed by atoms with Crippen molar-refractivity contribution < 1.29 is 4.92 Å². The first-order valence-corrected chi connectivity index (χ1v) is 5.62. The molecule has 0 spiro atoms. The summed E-state index contributed by atoms with van der Waals surface area (Å²) in [6, 6.07) is 9.94. The summed E-state index contributed by atoms with van der Waals surface area (Å²) in [6.45, 7) is 4.10. The highest BCUT2D eigenvalue weighted by Crippen LogP contribution is 2.45. The van der Waals surface area contributed by atoms with Crippen LogP contribution in [0.15, 0.2) is 30.3 Å². The van der Waals surface area contributed by atoms with Crippen molar-refractivity contribution in [1.82, 2.24) is 4.90 Å². The van der Waals surface area contributed by atoms with Crippen molar-refractivity contribution in [1.29, 1.82) is 0 Å². The minimum atomic E-state index is -0.530. The Labute approximate surface area is 95.0 Å². The van der Waals surface area contributed by atoms with Crippen LogP contribution in [0.4, 0.5) is 0 Å². The van der Waals surface area contributed by atoms with Crippen LogP contribution in [0.2, 0.25) is 0 Å². The fourth-order valence-corrected chi connectivity index (χ4v) is 2.20. The molecular weight excluding hydrogens is 204 g/mol. The van der Waals surface area contributed by atoms with Gasteiger partial charge in [-0.25, -0.2) is 4.90 Å². The molecule has 0 aliphatic carbocycles. The minimum Gasteiger partial charge on any atom is -0.263 e. The normalized spacial score (nSPS) is 29.8. The average molecular weight is 220 g/mol. The van der Waals surface area contributed by atoms with Crippen LogP contribution in [0.5, 0.6) is 0 Å². The Hall–Kier alpha value is -1.42. The molecule has 0 amide bonds. The molecule has 1 fully saturated rings. The van der Waals surface area contributed by atoms with Crippen molar-refractivity contribution in [2.24, 2.45) is 0 Å². The second-order valence-electron chi connectivity index (χ2n) is 4.26. The van der Waals surface area contributed by atoms with Gasteiger partial charge in [-0.2, -0.15) is 0 Å². The van der Waals surface area contributed by atoms with Crippen LogP contribution < -0.4 is 0 Å². The SMILES string of the molecule is CCC(C)N1[C@H](c2ccccc2)[C@H]1[N+](=O)[O-]. The summed E-state index contributed by atoms with van der Waals surface area (Å²) in [4.78, 5) is 12.7. The maximum absolute atomic E-state index is 10.9. The topological polar surface area (TPSA) is 46.1 Å². The van der Waals surface area contributed by atoms with Crippen molar-refractivity contribution in [3.63, 3.8) is 0 Å². The van der Waals surface area contributed by atoms with Crippen LogP contribution in [0.3, 0.4) is 0 Å². The van der Waals surface area contributed by atoms with Gasteiger partial charge < -0.3 is 0 Å². The van der Waals surface area contributed by atoms with E-state index in [-0.39, 0.29) is 17.0 Å². The average Bonchev–Trinajstić information content (AvgIpc) is 3.04. The largest absolute Gasteiger partial charge is 0.289 e. The van der Waals surface area contributed by atoms with Gasteiger partial charge in [0.25, 0.3) is 6.17 Å². The van der Waals surface area contributed by atoms with Gasteiger partial charge in [0.05, 0.1) is 0 Å². The molecule has 0 bridgehead atoms. The van der Waals surface area contributed by atoms with Gasteiger partial charge in [0.1, 0.15) is 6.04 Å². The maximum Gasteiger partial charge on any atom is 0.289 e. The van der Waals surface area contributed by atoms with Gasteiger partial charge >= 0.3 is 0 Å². The highest BCUT2D eigenvalue weighted by molar-refractivity contribution is 5.25. The molecule has 1 heterocycles. The zero-order valence-corrected chi connectivity index (χ0v) is 9.54. The van der Waals surface area contributed by atoms with Gasteiger partial charge in [-0.05, 0) is 18.9 Å². The van der Waals surface area contributed by atoms with Crippen molar-refractivity contribution in [2.75, 3.05) is 0 Å². The second kappa shape index (κ2) is 4.22. The molecule has 4 atom stereocenters. The van der Waals surface area contributed by atoms with Crippen LogP contribution >= 0.6 is 0 Å². The van der Waals surface area contributed by atoms with Gasteiger partial charge in [-0.1, -0.05) is 37.3 Å². The molecule has 2 unspecified atom stereocenters. The van der Waals surface area contributed by atoms with Crippen LogP contribution in [0.1, 0.15) is 31.9 Å². The van der Waals surface area contributed by atoms with Crippen molar-refractivity contribution in [3.05, 3.63) is 46.0 Å². The number of hydrogen-bond acceptors (Lipinski definition) is 3. The number of rotatable bonds is 4. The quantitative estimate of drug-likeness (QED) is 0.445. The van der Waals surface area contributed by atoms with E-state index in [0.717, 1.165) is 12.0 Å². The van der Waals surface area contributed by atoms with E-state index in [2.05, 4.69) is 6.92 Å². The molecule has 0 saturated carbocycles. The Balaban J connectivity index is 2.19. The predicted molar refractivity (Wildman–Crippen MR) is 61.6 cm³/mol. The molecule has 86 valence electrons. The Kier molecular flexibility index (Phi) is 2.92. The summed E-state index contributed by atoms with van der Waals surface area (Å²) >= 11 is 0. The highest BCUT2D eigenvalue weighted by Gasteiger charge is 2.60. The van der Waals surface area contributed by atoms with E-state index in [1.165, 1.54) is 0 Å². The summed E-state index contributed by atoms with van der Waals surface area (Å²) in [6.07, 6.45) is 0.408. The van der Waals surface area contributed by atoms with Crippen LogP contribution in [-0.4, -0.2) is 22.0 Å². The highest BCUT2D eigenvalue weighted by atomic mass is 16.6. The van der Waals surface area contributed by atoms with E-state index in [1.54, 1.807) is 0 Å². The molecule has 4 heteroatoms. The number of nitrogens with zero attached hydrogens (tertiary/aromatic N) is 2. The summed E-state index contributed by atoms with van der Waals surface area (Å²) < 4.78 is 0. The lowest BCUT2D eigenvalue weighted by Crippen LogP contribution is -2.19. The molecule has 1 aromatic carbocycles. The lowest BCUT2D eigenvalue weighted by molar-refractivity contribution is -0.507. The summed E-state index contributed by atoms with van der Waals surface area (Å²) in [5, 5.41) is 10.9. The second-order valence-corrected chi connectivity index (χ2v) is 4.26. The predicted octanol–water partition coefficient (Wildman–Crippen LogP) is 2.44. The molecule has 1 aliphatic rings. The fraction of sp³-hybridized carbons (Fsp3) is 0.500. The molecule has 0 aromatic heterocycles. The van der Waals surface area contributed by atoms with Crippen molar-refractivity contribution >= 4 is 0 Å². The maximum atomic E-state index is 10.9. The summed E-state index contributed by atoms with van der Waals surface area (Å²) in [5.41, 5.74) is 1.05. The summed E-state index contributed by atoms with van der Waals surface area (Å²) in [7, 11) is 0. The lowest BCUT2D eigenvalue weighted by Gasteiger charge is -2.08. The Morgan fingerprint density at radius 1 is 1.44 bits per heavy atom. The molecule has 16 heavy (non-hydrogen) atoms. The summed E-state index contributed by atoms with van der Waals surface area (Å²) in [5.74, 6) is 0. The smallest absolute Gasteiger partial charge is 0.263 e.